The number of rotatable bonds is 8. The summed E-state index contributed by atoms with van der Waals surface area (Å²) in [6, 6.07) is 8.36. The van der Waals surface area contributed by atoms with Crippen molar-refractivity contribution in [3.63, 3.8) is 0 Å². The minimum absolute atomic E-state index is 0. The molecule has 2 rings (SSSR count). The molecule has 0 aliphatic carbocycles. The van der Waals surface area contributed by atoms with Crippen LogP contribution in [0.4, 0.5) is 0 Å². The zero-order valence-corrected chi connectivity index (χ0v) is 20.1. The molecule has 6 nitrogen and oxygen atoms in total. The number of hydrogen-bond donors (Lipinski definition) is 2. The quantitative estimate of drug-likeness (QED) is 0.320. The van der Waals surface area contributed by atoms with E-state index in [1.54, 1.807) is 14.2 Å². The van der Waals surface area contributed by atoms with E-state index in [4.69, 9.17) is 14.2 Å². The second kappa shape index (κ2) is 12.5. The van der Waals surface area contributed by atoms with E-state index in [1.165, 1.54) is 5.56 Å². The van der Waals surface area contributed by atoms with E-state index < -0.39 is 0 Å². The molecular weight excluding hydrogens is 469 g/mol. The van der Waals surface area contributed by atoms with E-state index in [9.17, 15) is 0 Å². The van der Waals surface area contributed by atoms with Gasteiger partial charge in [0.05, 0.1) is 18.2 Å². The van der Waals surface area contributed by atoms with Gasteiger partial charge in [0.15, 0.2) is 5.96 Å². The number of ether oxygens (including phenoxy) is 3. The lowest BCUT2D eigenvalue weighted by Gasteiger charge is -2.36. The van der Waals surface area contributed by atoms with Gasteiger partial charge in [-0.15, -0.1) is 24.0 Å². The van der Waals surface area contributed by atoms with Gasteiger partial charge in [-0.3, -0.25) is 4.99 Å². The summed E-state index contributed by atoms with van der Waals surface area (Å²) in [5.74, 6) is 2.19. The first-order valence-electron chi connectivity index (χ1n) is 9.81. The van der Waals surface area contributed by atoms with Gasteiger partial charge in [-0.05, 0) is 30.5 Å². The minimum Gasteiger partial charge on any atom is -0.493 e. The molecule has 1 aromatic rings. The number of aliphatic imine (C=N–C) groups is 1. The monoisotopic (exact) mass is 505 g/mol. The van der Waals surface area contributed by atoms with E-state index in [-0.39, 0.29) is 35.6 Å². The normalized spacial score (nSPS) is 17.6. The van der Waals surface area contributed by atoms with Gasteiger partial charge in [0.25, 0.3) is 0 Å². The molecule has 0 aromatic heterocycles. The number of methoxy groups -OCH3 is 1. The van der Waals surface area contributed by atoms with Gasteiger partial charge in [0.2, 0.25) is 0 Å². The Hall–Kier alpha value is -1.06. The van der Waals surface area contributed by atoms with Crippen molar-refractivity contribution in [1.82, 2.24) is 10.6 Å². The smallest absolute Gasteiger partial charge is 0.191 e. The summed E-state index contributed by atoms with van der Waals surface area (Å²) in [6.07, 6.45) is 1.78. The van der Waals surface area contributed by atoms with Crippen LogP contribution in [0.15, 0.2) is 29.3 Å². The van der Waals surface area contributed by atoms with Crippen molar-refractivity contribution >= 4 is 29.9 Å². The number of benzene rings is 1. The van der Waals surface area contributed by atoms with Crippen molar-refractivity contribution in [1.29, 1.82) is 0 Å². The van der Waals surface area contributed by atoms with Crippen LogP contribution in [0.3, 0.4) is 0 Å². The second-order valence-electron chi connectivity index (χ2n) is 7.57. The van der Waals surface area contributed by atoms with Crippen LogP contribution < -0.4 is 15.4 Å². The molecule has 0 bridgehead atoms. The van der Waals surface area contributed by atoms with Gasteiger partial charge >= 0.3 is 0 Å². The molecule has 28 heavy (non-hydrogen) atoms. The number of hydrogen-bond acceptors (Lipinski definition) is 4. The van der Waals surface area contributed by atoms with Crippen molar-refractivity contribution < 1.29 is 14.2 Å². The predicted octanol–water partition coefficient (Wildman–Crippen LogP) is 3.76. The van der Waals surface area contributed by atoms with Crippen LogP contribution in [0, 0.1) is 5.92 Å². The van der Waals surface area contributed by atoms with E-state index in [1.807, 2.05) is 12.1 Å². The van der Waals surface area contributed by atoms with Crippen molar-refractivity contribution in [2.24, 2.45) is 10.9 Å². The van der Waals surface area contributed by atoms with Gasteiger partial charge in [-0.1, -0.05) is 26.0 Å². The average Bonchev–Trinajstić information content (AvgIpc) is 2.70. The van der Waals surface area contributed by atoms with Gasteiger partial charge < -0.3 is 24.8 Å². The summed E-state index contributed by atoms with van der Waals surface area (Å²) in [4.78, 5) is 4.35. The van der Waals surface area contributed by atoms with E-state index >= 15 is 0 Å². The highest BCUT2D eigenvalue weighted by Crippen LogP contribution is 2.23. The van der Waals surface area contributed by atoms with Gasteiger partial charge in [0, 0.05) is 46.8 Å². The maximum Gasteiger partial charge on any atom is 0.191 e. The molecular formula is C21H36IN3O3. The molecule has 1 atom stereocenters. The third kappa shape index (κ3) is 7.75. The summed E-state index contributed by atoms with van der Waals surface area (Å²) < 4.78 is 17.0. The maximum absolute atomic E-state index is 5.78. The molecule has 1 unspecified atom stereocenters. The fourth-order valence-electron chi connectivity index (χ4n) is 3.04. The Labute approximate surface area is 186 Å². The van der Waals surface area contributed by atoms with E-state index in [0.29, 0.717) is 12.5 Å². The Kier molecular flexibility index (Phi) is 11.1. The second-order valence-corrected chi connectivity index (χ2v) is 7.57. The Morgan fingerprint density at radius 2 is 1.82 bits per heavy atom. The highest BCUT2D eigenvalue weighted by atomic mass is 127. The summed E-state index contributed by atoms with van der Waals surface area (Å²) in [5.41, 5.74) is 0.997. The lowest BCUT2D eigenvalue weighted by atomic mass is 9.94. The van der Waals surface area contributed by atoms with Crippen LogP contribution in [-0.2, 0) is 9.47 Å². The first-order chi connectivity index (χ1) is 13.0. The SMILES string of the molecule is CN=C(NCC1(OC)CCOCC1)NC(C)c1ccc(OCC(C)C)cc1.I. The molecule has 160 valence electrons. The lowest BCUT2D eigenvalue weighted by molar-refractivity contribution is -0.0855. The predicted molar refractivity (Wildman–Crippen MR) is 125 cm³/mol. The first-order valence-corrected chi connectivity index (χ1v) is 9.81. The van der Waals surface area contributed by atoms with Crippen LogP contribution in [0.5, 0.6) is 5.75 Å². The average molecular weight is 505 g/mol. The fraction of sp³-hybridized carbons (Fsp3) is 0.667. The molecule has 1 fully saturated rings. The zero-order chi connectivity index (χ0) is 19.7. The highest BCUT2D eigenvalue weighted by Gasteiger charge is 2.32. The van der Waals surface area contributed by atoms with Crippen LogP contribution in [0.2, 0.25) is 0 Å². The fourth-order valence-corrected chi connectivity index (χ4v) is 3.04. The number of guanidine groups is 1. The van der Waals surface area contributed by atoms with Gasteiger partial charge in [-0.2, -0.15) is 0 Å². The summed E-state index contributed by atoms with van der Waals surface area (Å²) in [6.45, 7) is 9.33. The third-order valence-corrected chi connectivity index (χ3v) is 4.96. The molecule has 1 aliphatic rings. The van der Waals surface area contributed by atoms with Gasteiger partial charge in [0.1, 0.15) is 5.75 Å². The molecule has 0 saturated carbocycles. The lowest BCUT2D eigenvalue weighted by Crippen LogP contribution is -2.51. The molecule has 1 aliphatic heterocycles. The maximum atomic E-state index is 5.78. The molecule has 1 saturated heterocycles. The Morgan fingerprint density at radius 3 is 2.36 bits per heavy atom. The molecule has 1 heterocycles. The Balaban J connectivity index is 0.00000392. The standard InChI is InChI=1S/C21H35N3O3.HI/c1-16(2)14-27-19-8-6-18(7-9-19)17(3)24-20(22-4)23-15-21(25-5)10-12-26-13-11-21;/h6-9,16-17H,10-15H2,1-5H3,(H2,22,23,24);1H. The summed E-state index contributed by atoms with van der Waals surface area (Å²) in [5, 5.41) is 6.85. The van der Waals surface area contributed by atoms with Crippen LogP contribution in [-0.4, -0.2) is 52.1 Å². The van der Waals surface area contributed by atoms with E-state index in [2.05, 4.69) is 48.5 Å². The summed E-state index contributed by atoms with van der Waals surface area (Å²) >= 11 is 0. The molecule has 0 amide bonds. The van der Waals surface area contributed by atoms with Crippen LogP contribution in [0.25, 0.3) is 0 Å². The van der Waals surface area contributed by atoms with Crippen molar-refractivity contribution in [2.45, 2.75) is 45.3 Å². The minimum atomic E-state index is -0.186. The zero-order valence-electron chi connectivity index (χ0n) is 17.8. The van der Waals surface area contributed by atoms with Crippen LogP contribution >= 0.6 is 24.0 Å². The van der Waals surface area contributed by atoms with E-state index in [0.717, 1.165) is 44.4 Å². The molecule has 0 spiro atoms. The number of halogens is 1. The molecule has 2 N–H and O–H groups in total. The number of nitrogens with zero attached hydrogens (tertiary/aromatic N) is 1. The third-order valence-electron chi connectivity index (χ3n) is 4.96. The molecule has 0 radical (unpaired) electrons. The van der Waals surface area contributed by atoms with Gasteiger partial charge in [-0.25, -0.2) is 0 Å². The Bertz CT molecular complexity index is 587. The summed E-state index contributed by atoms with van der Waals surface area (Å²) in [7, 11) is 3.56. The van der Waals surface area contributed by atoms with Crippen molar-refractivity contribution in [3.05, 3.63) is 29.8 Å². The highest BCUT2D eigenvalue weighted by molar-refractivity contribution is 14.0. The molecule has 1 aromatic carbocycles. The molecule has 7 heteroatoms. The van der Waals surface area contributed by atoms with Crippen molar-refractivity contribution in [3.8, 4) is 5.75 Å². The van der Waals surface area contributed by atoms with Crippen molar-refractivity contribution in [2.75, 3.05) is 40.5 Å². The van der Waals surface area contributed by atoms with Crippen LogP contribution in [0.1, 0.15) is 45.2 Å². The topological polar surface area (TPSA) is 64.1 Å². The first kappa shape index (κ1) is 25.0. The Morgan fingerprint density at radius 1 is 1.18 bits per heavy atom. The number of nitrogens with one attached hydrogen (secondary N) is 2. The largest absolute Gasteiger partial charge is 0.493 e.